The highest BCUT2D eigenvalue weighted by molar-refractivity contribution is 5.85. The van der Waals surface area contributed by atoms with Crippen LogP contribution < -0.4 is 4.74 Å². The predicted molar refractivity (Wildman–Crippen MR) is 110 cm³/mol. The average Bonchev–Trinajstić information content (AvgIpc) is 2.92. The second-order valence-corrected chi connectivity index (χ2v) is 9.42. The molecule has 5 nitrogen and oxygen atoms in total. The van der Waals surface area contributed by atoms with E-state index in [1.807, 2.05) is 32.9 Å². The van der Waals surface area contributed by atoms with Crippen molar-refractivity contribution in [2.24, 2.45) is 17.3 Å². The van der Waals surface area contributed by atoms with Gasteiger partial charge in [-0.25, -0.2) is 0 Å². The highest BCUT2D eigenvalue weighted by Gasteiger charge is 2.44. The van der Waals surface area contributed by atoms with Crippen molar-refractivity contribution in [3.63, 3.8) is 0 Å². The van der Waals surface area contributed by atoms with Crippen molar-refractivity contribution >= 4 is 5.78 Å². The second-order valence-electron chi connectivity index (χ2n) is 9.42. The number of fused-ring (bicyclic) bond motifs is 2. The van der Waals surface area contributed by atoms with Gasteiger partial charge in [0.2, 0.25) is 0 Å². The van der Waals surface area contributed by atoms with Crippen molar-refractivity contribution in [3.8, 4) is 11.8 Å². The average molecular weight is 384 g/mol. The monoisotopic (exact) mass is 383 g/mol. The van der Waals surface area contributed by atoms with Crippen molar-refractivity contribution in [2.45, 2.75) is 39.7 Å². The molecular formula is C23H33N3O2. The maximum atomic E-state index is 12.4. The molecule has 28 heavy (non-hydrogen) atoms. The van der Waals surface area contributed by atoms with Crippen LogP contribution in [0.4, 0.5) is 0 Å². The molecule has 3 rings (SSSR count). The lowest BCUT2D eigenvalue weighted by Gasteiger charge is -2.42. The number of ether oxygens (including phenoxy) is 1. The van der Waals surface area contributed by atoms with Crippen molar-refractivity contribution in [2.75, 3.05) is 39.8 Å². The molecule has 2 aliphatic rings. The third kappa shape index (κ3) is 4.92. The van der Waals surface area contributed by atoms with Gasteiger partial charge >= 0.3 is 0 Å². The van der Waals surface area contributed by atoms with Crippen LogP contribution in [0.25, 0.3) is 0 Å². The SMILES string of the molecule is CN(CC(=O)C(C)(C)C)C1C2CCC1CN(CCOc1ccc(C#N)cc1)C2. The van der Waals surface area contributed by atoms with E-state index in [-0.39, 0.29) is 5.41 Å². The highest BCUT2D eigenvalue weighted by Crippen LogP contribution is 2.39. The summed E-state index contributed by atoms with van der Waals surface area (Å²) in [6.45, 7) is 10.3. The highest BCUT2D eigenvalue weighted by atomic mass is 16.5. The number of piperidine rings is 1. The maximum absolute atomic E-state index is 12.4. The van der Waals surface area contributed by atoms with Crippen LogP contribution in [-0.2, 0) is 4.79 Å². The summed E-state index contributed by atoms with van der Waals surface area (Å²) in [5.41, 5.74) is 0.386. The third-order valence-corrected chi connectivity index (χ3v) is 6.26. The van der Waals surface area contributed by atoms with Gasteiger partial charge in [-0.2, -0.15) is 5.26 Å². The molecule has 0 spiro atoms. The third-order valence-electron chi connectivity index (χ3n) is 6.26. The van der Waals surface area contributed by atoms with E-state index in [1.54, 1.807) is 12.1 Å². The molecule has 1 heterocycles. The van der Waals surface area contributed by atoms with Crippen molar-refractivity contribution < 1.29 is 9.53 Å². The molecule has 1 aromatic carbocycles. The summed E-state index contributed by atoms with van der Waals surface area (Å²) in [6, 6.07) is 9.94. The molecular weight excluding hydrogens is 350 g/mol. The van der Waals surface area contributed by atoms with Gasteiger partial charge in [-0.15, -0.1) is 0 Å². The zero-order valence-corrected chi connectivity index (χ0v) is 17.6. The molecule has 0 amide bonds. The van der Waals surface area contributed by atoms with Crippen molar-refractivity contribution in [3.05, 3.63) is 29.8 Å². The maximum Gasteiger partial charge on any atom is 0.152 e. The zero-order chi connectivity index (χ0) is 20.3. The van der Waals surface area contributed by atoms with Gasteiger partial charge in [0.15, 0.2) is 5.78 Å². The lowest BCUT2D eigenvalue weighted by molar-refractivity contribution is -0.128. The van der Waals surface area contributed by atoms with Crippen LogP contribution in [0.1, 0.15) is 39.2 Å². The number of nitrogens with zero attached hydrogens (tertiary/aromatic N) is 3. The fraction of sp³-hybridized carbons (Fsp3) is 0.652. The molecule has 5 heteroatoms. The quantitative estimate of drug-likeness (QED) is 0.724. The van der Waals surface area contributed by atoms with Crippen LogP contribution in [0, 0.1) is 28.6 Å². The normalized spacial score (nSPS) is 24.9. The number of ketones is 1. The molecule has 1 saturated carbocycles. The Morgan fingerprint density at radius 1 is 1.21 bits per heavy atom. The number of likely N-dealkylation sites (N-methyl/N-ethyl adjacent to an activating group) is 1. The summed E-state index contributed by atoms with van der Waals surface area (Å²) in [7, 11) is 2.13. The zero-order valence-electron chi connectivity index (χ0n) is 17.6. The molecule has 2 atom stereocenters. The molecule has 0 aromatic heterocycles. The number of nitriles is 1. The first kappa shape index (κ1) is 20.8. The number of rotatable bonds is 7. The van der Waals surface area contributed by atoms with Gasteiger partial charge in [-0.1, -0.05) is 20.8 Å². The van der Waals surface area contributed by atoms with Gasteiger partial charge in [0.25, 0.3) is 0 Å². The first-order valence-electron chi connectivity index (χ1n) is 10.4. The van der Waals surface area contributed by atoms with Crippen LogP contribution in [0.15, 0.2) is 24.3 Å². The minimum Gasteiger partial charge on any atom is -0.492 e. The number of benzene rings is 1. The summed E-state index contributed by atoms with van der Waals surface area (Å²) >= 11 is 0. The van der Waals surface area contributed by atoms with Crippen LogP contribution >= 0.6 is 0 Å². The molecule has 2 bridgehead atoms. The molecule has 1 aliphatic heterocycles. The summed E-state index contributed by atoms with van der Waals surface area (Å²) in [5, 5.41) is 8.86. The first-order chi connectivity index (χ1) is 13.3. The van der Waals surface area contributed by atoms with E-state index < -0.39 is 0 Å². The Kier molecular flexibility index (Phi) is 6.42. The lowest BCUT2D eigenvalue weighted by atomic mass is 9.87. The Bertz CT molecular complexity index is 703. The Labute approximate surface area is 169 Å². The van der Waals surface area contributed by atoms with Gasteiger partial charge in [-0.05, 0) is 56.0 Å². The smallest absolute Gasteiger partial charge is 0.152 e. The summed E-state index contributed by atoms with van der Waals surface area (Å²) < 4.78 is 5.86. The predicted octanol–water partition coefficient (Wildman–Crippen LogP) is 3.19. The fourth-order valence-corrected chi connectivity index (χ4v) is 4.68. The van der Waals surface area contributed by atoms with E-state index in [1.165, 1.54) is 12.8 Å². The van der Waals surface area contributed by atoms with Gasteiger partial charge in [0.05, 0.1) is 18.2 Å². The Balaban J connectivity index is 1.47. The van der Waals surface area contributed by atoms with E-state index in [0.717, 1.165) is 25.4 Å². The van der Waals surface area contributed by atoms with E-state index in [4.69, 9.17) is 10.00 Å². The van der Waals surface area contributed by atoms with Crippen molar-refractivity contribution in [1.82, 2.24) is 9.80 Å². The minimum atomic E-state index is -0.267. The van der Waals surface area contributed by atoms with Crippen LogP contribution in [-0.4, -0.2) is 61.5 Å². The summed E-state index contributed by atoms with van der Waals surface area (Å²) in [5.74, 6) is 2.43. The molecule has 0 N–H and O–H groups in total. The number of Topliss-reactive ketones (excluding diaryl/α,β-unsaturated/α-hetero) is 1. The summed E-state index contributed by atoms with van der Waals surface area (Å²) in [6.07, 6.45) is 2.52. The number of likely N-dealkylation sites (tertiary alicyclic amines) is 1. The van der Waals surface area contributed by atoms with Crippen LogP contribution in [0.5, 0.6) is 5.75 Å². The Morgan fingerprint density at radius 3 is 2.36 bits per heavy atom. The number of hydrogen-bond acceptors (Lipinski definition) is 5. The first-order valence-corrected chi connectivity index (χ1v) is 10.4. The van der Waals surface area contributed by atoms with Gasteiger partial charge in [0, 0.05) is 31.1 Å². The van der Waals surface area contributed by atoms with Gasteiger partial charge < -0.3 is 4.74 Å². The van der Waals surface area contributed by atoms with Crippen LogP contribution in [0.3, 0.4) is 0 Å². The molecule has 1 aromatic rings. The molecule has 1 saturated heterocycles. The molecule has 0 radical (unpaired) electrons. The van der Waals surface area contributed by atoms with Crippen molar-refractivity contribution in [1.29, 1.82) is 5.26 Å². The molecule has 2 unspecified atom stereocenters. The number of hydrogen-bond donors (Lipinski definition) is 0. The van der Waals surface area contributed by atoms with Gasteiger partial charge in [-0.3, -0.25) is 14.6 Å². The Morgan fingerprint density at radius 2 is 1.82 bits per heavy atom. The largest absolute Gasteiger partial charge is 0.492 e. The second kappa shape index (κ2) is 8.63. The fourth-order valence-electron chi connectivity index (χ4n) is 4.68. The standard InChI is InChI=1S/C23H33N3O2/c1-23(2,3)21(27)16-25(4)22-18-7-8-19(22)15-26(14-18)11-12-28-20-9-5-17(13-24)6-10-20/h5-6,9-10,18-19,22H,7-8,11-12,14-16H2,1-4H3. The Hall–Kier alpha value is -1.90. The van der Waals surface area contributed by atoms with Gasteiger partial charge in [0.1, 0.15) is 12.4 Å². The molecule has 152 valence electrons. The topological polar surface area (TPSA) is 56.6 Å². The number of carbonyl (C=O) groups is 1. The van der Waals surface area contributed by atoms with E-state index >= 15 is 0 Å². The van der Waals surface area contributed by atoms with E-state index in [9.17, 15) is 4.79 Å². The lowest BCUT2D eigenvalue weighted by Crippen LogP contribution is -2.53. The van der Waals surface area contributed by atoms with E-state index in [0.29, 0.717) is 42.4 Å². The number of carbonyl (C=O) groups excluding carboxylic acids is 1. The summed E-state index contributed by atoms with van der Waals surface area (Å²) in [4.78, 5) is 17.3. The molecule has 1 aliphatic carbocycles. The molecule has 2 fully saturated rings. The van der Waals surface area contributed by atoms with E-state index in [2.05, 4.69) is 22.9 Å². The minimum absolute atomic E-state index is 0.267. The van der Waals surface area contributed by atoms with Crippen LogP contribution in [0.2, 0.25) is 0 Å².